The van der Waals surface area contributed by atoms with Gasteiger partial charge < -0.3 is 14.6 Å². The molecule has 0 aromatic rings. The van der Waals surface area contributed by atoms with Gasteiger partial charge in [0.05, 0.1) is 6.61 Å². The van der Waals surface area contributed by atoms with Gasteiger partial charge in [0.1, 0.15) is 6.61 Å². The molecular formula is C31H60O5. The van der Waals surface area contributed by atoms with E-state index in [2.05, 4.69) is 13.8 Å². The van der Waals surface area contributed by atoms with Crippen LogP contribution in [0.5, 0.6) is 0 Å². The van der Waals surface area contributed by atoms with Crippen molar-refractivity contribution >= 4 is 11.9 Å². The highest BCUT2D eigenvalue weighted by molar-refractivity contribution is 5.70. The van der Waals surface area contributed by atoms with Crippen molar-refractivity contribution in [3.63, 3.8) is 0 Å². The summed E-state index contributed by atoms with van der Waals surface area (Å²) in [4.78, 5) is 23.8. The van der Waals surface area contributed by atoms with Gasteiger partial charge in [0, 0.05) is 12.8 Å². The van der Waals surface area contributed by atoms with Crippen molar-refractivity contribution in [1.29, 1.82) is 0 Å². The van der Waals surface area contributed by atoms with Gasteiger partial charge in [0.25, 0.3) is 0 Å². The van der Waals surface area contributed by atoms with E-state index in [1.165, 1.54) is 109 Å². The maximum Gasteiger partial charge on any atom is 0.306 e. The van der Waals surface area contributed by atoms with E-state index < -0.39 is 6.10 Å². The third kappa shape index (κ3) is 26.0. The van der Waals surface area contributed by atoms with Gasteiger partial charge in [-0.25, -0.2) is 0 Å². The lowest BCUT2D eigenvalue weighted by molar-refractivity contribution is -0.161. The number of hydrogen-bond acceptors (Lipinski definition) is 5. The molecule has 0 aromatic heterocycles. The van der Waals surface area contributed by atoms with Gasteiger partial charge in [-0.1, -0.05) is 142 Å². The zero-order chi connectivity index (χ0) is 26.5. The summed E-state index contributed by atoms with van der Waals surface area (Å²) < 4.78 is 10.4. The number of esters is 2. The molecule has 1 N–H and O–H groups in total. The summed E-state index contributed by atoms with van der Waals surface area (Å²) in [7, 11) is 0. The highest BCUT2D eigenvalue weighted by Crippen LogP contribution is 2.14. The van der Waals surface area contributed by atoms with Gasteiger partial charge in [-0.15, -0.1) is 0 Å². The standard InChI is InChI=1S/C31H60O5/c1-3-5-7-9-10-11-12-13-14-15-16-17-18-19-20-22-23-25-30(33)35-28-29(27-32)36-31(34)26-24-21-8-6-4-2/h29,32H,3-28H2,1-2H3/t29-/m0/s1. The van der Waals surface area contributed by atoms with E-state index in [-0.39, 0.29) is 25.2 Å². The molecule has 5 heteroatoms. The van der Waals surface area contributed by atoms with Crippen LogP contribution in [-0.4, -0.2) is 36.4 Å². The Bertz CT molecular complexity index is 480. The van der Waals surface area contributed by atoms with Crippen LogP contribution < -0.4 is 0 Å². The Labute approximate surface area is 223 Å². The molecule has 0 unspecified atom stereocenters. The number of hydrogen-bond donors (Lipinski definition) is 1. The zero-order valence-corrected chi connectivity index (χ0v) is 24.0. The van der Waals surface area contributed by atoms with Gasteiger partial charge in [0.2, 0.25) is 0 Å². The fourth-order valence-electron chi connectivity index (χ4n) is 4.49. The van der Waals surface area contributed by atoms with Crippen LogP contribution in [0, 0.1) is 0 Å². The molecule has 0 radical (unpaired) electrons. The fourth-order valence-corrected chi connectivity index (χ4v) is 4.49. The number of carbonyl (C=O) groups excluding carboxylic acids is 2. The van der Waals surface area contributed by atoms with Crippen molar-refractivity contribution in [1.82, 2.24) is 0 Å². The maximum atomic E-state index is 11.9. The summed E-state index contributed by atoms with van der Waals surface area (Å²) in [6.45, 7) is 4.04. The fraction of sp³-hybridized carbons (Fsp3) is 0.935. The van der Waals surface area contributed by atoms with E-state index in [0.717, 1.165) is 32.1 Å². The molecule has 0 saturated carbocycles. The largest absolute Gasteiger partial charge is 0.462 e. The van der Waals surface area contributed by atoms with Crippen LogP contribution in [0.15, 0.2) is 0 Å². The van der Waals surface area contributed by atoms with Crippen molar-refractivity contribution < 1.29 is 24.2 Å². The van der Waals surface area contributed by atoms with Crippen molar-refractivity contribution in [3.05, 3.63) is 0 Å². The van der Waals surface area contributed by atoms with E-state index >= 15 is 0 Å². The molecule has 0 amide bonds. The van der Waals surface area contributed by atoms with Gasteiger partial charge >= 0.3 is 11.9 Å². The van der Waals surface area contributed by atoms with Gasteiger partial charge in [-0.05, 0) is 12.8 Å². The van der Waals surface area contributed by atoms with Crippen molar-refractivity contribution in [2.75, 3.05) is 13.2 Å². The second-order valence-corrected chi connectivity index (χ2v) is 10.5. The minimum atomic E-state index is -0.757. The lowest BCUT2D eigenvalue weighted by atomic mass is 10.0. The predicted molar refractivity (Wildman–Crippen MR) is 150 cm³/mol. The average molecular weight is 513 g/mol. The molecule has 0 spiro atoms. The third-order valence-corrected chi connectivity index (χ3v) is 6.90. The number of rotatable bonds is 28. The topological polar surface area (TPSA) is 72.8 Å². The van der Waals surface area contributed by atoms with Crippen molar-refractivity contribution in [3.8, 4) is 0 Å². The van der Waals surface area contributed by atoms with Crippen molar-refractivity contribution in [2.45, 2.75) is 174 Å². The van der Waals surface area contributed by atoms with E-state index in [1.54, 1.807) is 0 Å². The minimum absolute atomic E-state index is 0.0597. The third-order valence-electron chi connectivity index (χ3n) is 6.90. The Hall–Kier alpha value is -1.10. The molecular weight excluding hydrogens is 452 g/mol. The van der Waals surface area contributed by atoms with Gasteiger partial charge in [-0.2, -0.15) is 0 Å². The summed E-state index contributed by atoms with van der Waals surface area (Å²) in [6, 6.07) is 0. The summed E-state index contributed by atoms with van der Waals surface area (Å²) in [6.07, 6.45) is 27.6. The van der Waals surface area contributed by atoms with Crippen molar-refractivity contribution in [2.24, 2.45) is 0 Å². The first-order chi connectivity index (χ1) is 17.6. The molecule has 214 valence electrons. The van der Waals surface area contributed by atoms with E-state index in [1.807, 2.05) is 0 Å². The number of aliphatic hydroxyl groups excluding tert-OH is 1. The molecule has 1 atom stereocenters. The second-order valence-electron chi connectivity index (χ2n) is 10.5. The maximum absolute atomic E-state index is 11.9. The minimum Gasteiger partial charge on any atom is -0.462 e. The Morgan fingerprint density at radius 1 is 0.528 bits per heavy atom. The second kappa shape index (κ2) is 28.5. The molecule has 0 aliphatic rings. The normalized spacial score (nSPS) is 12.0. The average Bonchev–Trinajstić information content (AvgIpc) is 2.88. The molecule has 0 aliphatic carbocycles. The van der Waals surface area contributed by atoms with Crippen LogP contribution in [0.3, 0.4) is 0 Å². The molecule has 0 saturated heterocycles. The van der Waals surface area contributed by atoms with Crippen LogP contribution in [0.4, 0.5) is 0 Å². The summed E-state index contributed by atoms with van der Waals surface area (Å²) in [5.41, 5.74) is 0. The quantitative estimate of drug-likeness (QED) is 0.0837. The van der Waals surface area contributed by atoms with Crippen LogP contribution in [0.25, 0.3) is 0 Å². The molecule has 5 nitrogen and oxygen atoms in total. The van der Waals surface area contributed by atoms with E-state index in [0.29, 0.717) is 12.8 Å². The lowest BCUT2D eigenvalue weighted by Crippen LogP contribution is -2.28. The highest BCUT2D eigenvalue weighted by Gasteiger charge is 2.16. The van der Waals surface area contributed by atoms with Crippen LogP contribution in [0.1, 0.15) is 168 Å². The predicted octanol–water partition coefficient (Wildman–Crippen LogP) is 8.84. The number of unbranched alkanes of at least 4 members (excludes halogenated alkanes) is 20. The van der Waals surface area contributed by atoms with Crippen LogP contribution >= 0.6 is 0 Å². The number of aliphatic hydroxyl groups is 1. The van der Waals surface area contributed by atoms with Gasteiger partial charge in [0.15, 0.2) is 6.10 Å². The molecule has 0 fully saturated rings. The SMILES string of the molecule is CCCCCCCCCCCCCCCCCCCC(=O)OC[C@H](CO)OC(=O)CCCCCCC. The molecule has 0 aromatic carbocycles. The van der Waals surface area contributed by atoms with Crippen LogP contribution in [-0.2, 0) is 19.1 Å². The molecule has 0 aliphatic heterocycles. The molecule has 36 heavy (non-hydrogen) atoms. The summed E-state index contributed by atoms with van der Waals surface area (Å²) in [5, 5.41) is 9.39. The summed E-state index contributed by atoms with van der Waals surface area (Å²) >= 11 is 0. The number of carbonyl (C=O) groups is 2. The monoisotopic (exact) mass is 512 g/mol. The Balaban J connectivity index is 3.45. The lowest BCUT2D eigenvalue weighted by Gasteiger charge is -2.15. The first kappa shape index (κ1) is 34.9. The van der Waals surface area contributed by atoms with E-state index in [9.17, 15) is 14.7 Å². The van der Waals surface area contributed by atoms with E-state index in [4.69, 9.17) is 9.47 Å². The zero-order valence-electron chi connectivity index (χ0n) is 24.0. The molecule has 0 bridgehead atoms. The highest BCUT2D eigenvalue weighted by atomic mass is 16.6. The molecule has 0 heterocycles. The first-order valence-corrected chi connectivity index (χ1v) is 15.6. The smallest absolute Gasteiger partial charge is 0.306 e. The first-order valence-electron chi connectivity index (χ1n) is 15.6. The van der Waals surface area contributed by atoms with Gasteiger partial charge in [-0.3, -0.25) is 9.59 Å². The number of ether oxygens (including phenoxy) is 2. The summed E-state index contributed by atoms with van der Waals surface area (Å²) in [5.74, 6) is -0.597. The molecule has 0 rings (SSSR count). The van der Waals surface area contributed by atoms with Crippen LogP contribution in [0.2, 0.25) is 0 Å². The Morgan fingerprint density at radius 3 is 1.22 bits per heavy atom. The Morgan fingerprint density at radius 2 is 0.861 bits per heavy atom. The Kier molecular flexibility index (Phi) is 27.6.